The molecular formula is C34H40N2O4. The van der Waals surface area contributed by atoms with Crippen LogP contribution in [0.4, 0.5) is 0 Å². The summed E-state index contributed by atoms with van der Waals surface area (Å²) in [4.78, 5) is 15.8. The van der Waals surface area contributed by atoms with Gasteiger partial charge in [0.15, 0.2) is 11.5 Å². The molecule has 6 nitrogen and oxygen atoms in total. The van der Waals surface area contributed by atoms with Crippen LogP contribution >= 0.6 is 0 Å². The molecular weight excluding hydrogens is 500 g/mol. The molecule has 0 aromatic heterocycles. The highest BCUT2D eigenvalue weighted by Gasteiger charge is 2.26. The van der Waals surface area contributed by atoms with Gasteiger partial charge in [-0.15, -0.1) is 0 Å². The quantitative estimate of drug-likeness (QED) is 0.147. The number of ether oxygens (including phenoxy) is 2. The maximum Gasteiger partial charge on any atom is 0.328 e. The van der Waals surface area contributed by atoms with Crippen molar-refractivity contribution in [2.24, 2.45) is 0 Å². The van der Waals surface area contributed by atoms with Crippen LogP contribution in [0.25, 0.3) is 6.08 Å². The Kier molecular flexibility index (Phi) is 11.4. The summed E-state index contributed by atoms with van der Waals surface area (Å²) in [5, 5.41) is 8.67. The highest BCUT2D eigenvalue weighted by atomic mass is 16.5. The molecule has 3 aromatic carbocycles. The molecule has 1 saturated heterocycles. The minimum Gasteiger partial charge on any atom is -0.493 e. The van der Waals surface area contributed by atoms with Crippen LogP contribution in [-0.2, 0) is 4.79 Å². The van der Waals surface area contributed by atoms with Gasteiger partial charge in [-0.1, -0.05) is 85.0 Å². The zero-order valence-electron chi connectivity index (χ0n) is 23.3. The van der Waals surface area contributed by atoms with E-state index in [0.717, 1.165) is 69.4 Å². The van der Waals surface area contributed by atoms with E-state index in [9.17, 15) is 4.79 Å². The Morgan fingerprint density at radius 2 is 1.52 bits per heavy atom. The van der Waals surface area contributed by atoms with Crippen molar-refractivity contribution >= 4 is 12.0 Å². The number of carboxylic acid groups (broad SMARTS) is 1. The molecule has 1 aliphatic heterocycles. The first kappa shape index (κ1) is 29.1. The third-order valence-electron chi connectivity index (χ3n) is 7.21. The minimum atomic E-state index is -0.968. The van der Waals surface area contributed by atoms with Crippen LogP contribution in [0.15, 0.2) is 97.1 Å². The number of benzene rings is 3. The first-order chi connectivity index (χ1) is 19.6. The standard InChI is InChI=1S/C34H40N2O4/c1-39-32-27-28(13-9-10-18-33(37)38)19-20-31(32)40-26-12-4-11-21-35-22-24-36(25-23-35)34(29-14-5-2-6-15-29)30-16-7-3-8-17-30/h2-3,5-10,13-20,27,34H,4,11-12,21-26H2,1H3,(H,37,38). The lowest BCUT2D eigenvalue weighted by molar-refractivity contribution is -0.131. The number of nitrogens with zero attached hydrogens (tertiary/aromatic N) is 2. The first-order valence-corrected chi connectivity index (χ1v) is 14.1. The van der Waals surface area contributed by atoms with Gasteiger partial charge in [-0.3, -0.25) is 4.90 Å². The lowest BCUT2D eigenvalue weighted by Gasteiger charge is -2.39. The summed E-state index contributed by atoms with van der Waals surface area (Å²) >= 11 is 0. The van der Waals surface area contributed by atoms with Crippen LogP contribution in [-0.4, -0.2) is 67.3 Å². The van der Waals surface area contributed by atoms with Crippen LogP contribution in [0, 0.1) is 0 Å². The third-order valence-corrected chi connectivity index (χ3v) is 7.21. The van der Waals surface area contributed by atoms with E-state index in [-0.39, 0.29) is 0 Å². The van der Waals surface area contributed by atoms with Crippen LogP contribution in [0.5, 0.6) is 11.5 Å². The van der Waals surface area contributed by atoms with Gasteiger partial charge < -0.3 is 19.5 Å². The van der Waals surface area contributed by atoms with E-state index in [2.05, 4.69) is 70.5 Å². The van der Waals surface area contributed by atoms with E-state index in [1.807, 2.05) is 24.3 Å². The van der Waals surface area contributed by atoms with Crippen LogP contribution < -0.4 is 9.47 Å². The fraction of sp³-hybridized carbons (Fsp3) is 0.324. The highest BCUT2D eigenvalue weighted by molar-refractivity contribution is 5.80. The molecule has 1 heterocycles. The summed E-state index contributed by atoms with van der Waals surface area (Å²) in [5.41, 5.74) is 3.63. The van der Waals surface area contributed by atoms with Crippen molar-refractivity contribution in [1.82, 2.24) is 9.80 Å². The average molecular weight is 541 g/mol. The van der Waals surface area contributed by atoms with Gasteiger partial charge in [-0.05, 0) is 54.6 Å². The minimum absolute atomic E-state index is 0.303. The number of rotatable bonds is 14. The van der Waals surface area contributed by atoms with E-state index in [1.54, 1.807) is 13.2 Å². The number of methoxy groups -OCH3 is 1. The van der Waals surface area contributed by atoms with Gasteiger partial charge in [0.05, 0.1) is 19.8 Å². The molecule has 40 heavy (non-hydrogen) atoms. The number of aliphatic carboxylic acids is 1. The number of hydrogen-bond acceptors (Lipinski definition) is 5. The second-order valence-corrected chi connectivity index (χ2v) is 9.98. The van der Waals surface area contributed by atoms with Gasteiger partial charge in [0.2, 0.25) is 0 Å². The maximum absolute atomic E-state index is 10.6. The van der Waals surface area contributed by atoms with Crippen molar-refractivity contribution in [3.63, 3.8) is 0 Å². The molecule has 0 radical (unpaired) electrons. The van der Waals surface area contributed by atoms with Crippen LogP contribution in [0.3, 0.4) is 0 Å². The summed E-state index contributed by atoms with van der Waals surface area (Å²) in [6.07, 6.45) is 9.38. The Bertz CT molecular complexity index is 1200. The largest absolute Gasteiger partial charge is 0.493 e. The van der Waals surface area contributed by atoms with E-state index in [4.69, 9.17) is 14.6 Å². The molecule has 3 aromatic rings. The predicted molar refractivity (Wildman–Crippen MR) is 161 cm³/mol. The molecule has 0 saturated carbocycles. The predicted octanol–water partition coefficient (Wildman–Crippen LogP) is 6.31. The Balaban J connectivity index is 1.17. The molecule has 0 amide bonds. The number of hydrogen-bond donors (Lipinski definition) is 1. The number of carboxylic acids is 1. The van der Waals surface area contributed by atoms with E-state index >= 15 is 0 Å². The summed E-state index contributed by atoms with van der Waals surface area (Å²) in [6.45, 7) is 6.09. The third kappa shape index (κ3) is 8.83. The van der Waals surface area contributed by atoms with Gasteiger partial charge >= 0.3 is 5.97 Å². The average Bonchev–Trinajstić information content (AvgIpc) is 2.99. The summed E-state index contributed by atoms with van der Waals surface area (Å²) in [5.74, 6) is 0.430. The van der Waals surface area contributed by atoms with Gasteiger partial charge in [0.1, 0.15) is 0 Å². The molecule has 0 bridgehead atoms. The number of carbonyl (C=O) groups is 1. The molecule has 0 aliphatic carbocycles. The molecule has 0 spiro atoms. The smallest absolute Gasteiger partial charge is 0.328 e. The number of piperazine rings is 1. The molecule has 6 heteroatoms. The lowest BCUT2D eigenvalue weighted by atomic mass is 9.96. The van der Waals surface area contributed by atoms with Crippen molar-refractivity contribution in [2.45, 2.75) is 25.3 Å². The Hall–Kier alpha value is -3.87. The van der Waals surface area contributed by atoms with Crippen molar-refractivity contribution in [1.29, 1.82) is 0 Å². The maximum atomic E-state index is 10.6. The molecule has 1 N–H and O–H groups in total. The summed E-state index contributed by atoms with van der Waals surface area (Å²) in [7, 11) is 1.63. The van der Waals surface area contributed by atoms with E-state index in [1.165, 1.54) is 17.2 Å². The highest BCUT2D eigenvalue weighted by Crippen LogP contribution is 2.30. The van der Waals surface area contributed by atoms with Gasteiger partial charge in [0.25, 0.3) is 0 Å². The second-order valence-electron chi connectivity index (χ2n) is 9.98. The topological polar surface area (TPSA) is 62.2 Å². The first-order valence-electron chi connectivity index (χ1n) is 14.1. The second kappa shape index (κ2) is 15.7. The molecule has 1 fully saturated rings. The summed E-state index contributed by atoms with van der Waals surface area (Å²) < 4.78 is 11.5. The van der Waals surface area contributed by atoms with Crippen molar-refractivity contribution < 1.29 is 19.4 Å². The van der Waals surface area contributed by atoms with Crippen LogP contribution in [0.1, 0.15) is 42.0 Å². The van der Waals surface area contributed by atoms with Crippen molar-refractivity contribution in [3.8, 4) is 11.5 Å². The molecule has 4 rings (SSSR count). The Morgan fingerprint density at radius 3 is 2.15 bits per heavy atom. The van der Waals surface area contributed by atoms with Gasteiger partial charge in [-0.25, -0.2) is 4.79 Å². The fourth-order valence-electron chi connectivity index (χ4n) is 5.14. The van der Waals surface area contributed by atoms with Gasteiger partial charge in [-0.2, -0.15) is 0 Å². The SMILES string of the molecule is COc1cc(C=CC=CC(=O)O)ccc1OCCCCCN1CCN(C(c2ccccc2)c2ccccc2)CC1. The monoisotopic (exact) mass is 540 g/mol. The van der Waals surface area contributed by atoms with Crippen LogP contribution in [0.2, 0.25) is 0 Å². The molecule has 1 aliphatic rings. The van der Waals surface area contributed by atoms with E-state index < -0.39 is 5.97 Å². The van der Waals surface area contributed by atoms with Crippen molar-refractivity contribution in [2.75, 3.05) is 46.4 Å². The summed E-state index contributed by atoms with van der Waals surface area (Å²) in [6, 6.07) is 27.7. The number of unbranched alkanes of at least 4 members (excludes halogenated alkanes) is 2. The fourth-order valence-corrected chi connectivity index (χ4v) is 5.14. The lowest BCUT2D eigenvalue weighted by Crippen LogP contribution is -2.48. The Labute approximate surface area is 238 Å². The zero-order valence-corrected chi connectivity index (χ0v) is 23.3. The molecule has 210 valence electrons. The van der Waals surface area contributed by atoms with E-state index in [0.29, 0.717) is 18.4 Å². The normalized spacial score (nSPS) is 14.8. The van der Waals surface area contributed by atoms with Gasteiger partial charge in [0, 0.05) is 32.3 Å². The molecule has 0 unspecified atom stereocenters. The zero-order chi connectivity index (χ0) is 28.0. The Morgan fingerprint density at radius 1 is 0.850 bits per heavy atom. The number of allylic oxidation sites excluding steroid dienone is 2. The van der Waals surface area contributed by atoms with Crippen molar-refractivity contribution in [3.05, 3.63) is 114 Å². The molecule has 0 atom stereocenters.